The van der Waals surface area contributed by atoms with Crippen LogP contribution in [0.3, 0.4) is 0 Å². The molecule has 1 aromatic carbocycles. The molecule has 1 aromatic rings. The van der Waals surface area contributed by atoms with E-state index in [2.05, 4.69) is 5.92 Å². The molecule has 0 bridgehead atoms. The fraction of sp³-hybridized carbons (Fsp3) is 0. The number of rotatable bonds is 0. The first-order valence-corrected chi connectivity index (χ1v) is 2.41. The van der Waals surface area contributed by atoms with Crippen molar-refractivity contribution in [1.82, 2.24) is 0 Å². The van der Waals surface area contributed by atoms with E-state index in [4.69, 9.17) is 6.42 Å². The van der Waals surface area contributed by atoms with Crippen molar-refractivity contribution < 1.29 is 20.4 Å². The van der Waals surface area contributed by atoms with Crippen LogP contribution in [0.2, 0.25) is 0 Å². The van der Waals surface area contributed by atoms with E-state index in [9.17, 15) is 0 Å². The number of hydrogen-bond acceptors (Lipinski definition) is 0. The van der Waals surface area contributed by atoms with E-state index in [-0.39, 0.29) is 20.4 Å². The molecule has 0 aliphatic rings. The summed E-state index contributed by atoms with van der Waals surface area (Å²) in [5, 5.41) is 0. The van der Waals surface area contributed by atoms with Crippen LogP contribution in [-0.2, 0) is 20.4 Å². The van der Waals surface area contributed by atoms with Gasteiger partial charge in [0.2, 0.25) is 0 Å². The van der Waals surface area contributed by atoms with E-state index in [0.717, 1.165) is 5.56 Å². The second-order valence-corrected chi connectivity index (χ2v) is 1.49. The molecule has 1 rings (SSSR count). The standard InChI is InChI=1S/C8H5.Pd/c1-2-8-6-4-3-5-7-8;/h3-7H;. The molecule has 0 nitrogen and oxygen atoms in total. The first-order valence-electron chi connectivity index (χ1n) is 2.41. The summed E-state index contributed by atoms with van der Waals surface area (Å²) in [7, 11) is 0. The maximum absolute atomic E-state index is 6.69. The second-order valence-electron chi connectivity index (χ2n) is 1.49. The molecule has 0 spiro atoms. The van der Waals surface area contributed by atoms with Crippen LogP contribution in [0.25, 0.3) is 0 Å². The normalized spacial score (nSPS) is 7.00. The van der Waals surface area contributed by atoms with Crippen molar-refractivity contribution in [3.8, 4) is 5.92 Å². The van der Waals surface area contributed by atoms with E-state index in [1.54, 1.807) is 0 Å². The zero-order valence-electron chi connectivity index (χ0n) is 4.70. The fourth-order valence-electron chi connectivity index (χ4n) is 0.521. The first kappa shape index (κ1) is 8.44. The molecule has 0 fully saturated rings. The Morgan fingerprint density at radius 1 is 1.11 bits per heavy atom. The van der Waals surface area contributed by atoms with Gasteiger partial charge in [0.05, 0.1) is 0 Å². The van der Waals surface area contributed by atoms with Crippen LogP contribution in [0.1, 0.15) is 5.56 Å². The SMILES string of the molecule is [C]#Cc1ccccc1.[Pd]. The molecule has 47 valence electrons. The van der Waals surface area contributed by atoms with Gasteiger partial charge in [-0.15, -0.1) is 0 Å². The average Bonchev–Trinajstić information content (AvgIpc) is 1.90. The van der Waals surface area contributed by atoms with E-state index >= 15 is 0 Å². The molecule has 0 aromatic heterocycles. The second kappa shape index (κ2) is 4.33. The minimum absolute atomic E-state index is 0. The van der Waals surface area contributed by atoms with Gasteiger partial charge in [0.15, 0.2) is 0 Å². The van der Waals surface area contributed by atoms with Gasteiger partial charge in [-0.05, 0) is 18.6 Å². The smallest absolute Gasteiger partial charge is 0.0255 e. The molecule has 9 heavy (non-hydrogen) atoms. The van der Waals surface area contributed by atoms with Gasteiger partial charge in [-0.25, -0.2) is 0 Å². The summed E-state index contributed by atoms with van der Waals surface area (Å²) in [6.07, 6.45) is 6.69. The first-order chi connectivity index (χ1) is 3.93. The summed E-state index contributed by atoms with van der Waals surface area (Å²) in [5.41, 5.74) is 0.826. The van der Waals surface area contributed by atoms with E-state index in [1.165, 1.54) is 0 Å². The average molecular weight is 208 g/mol. The van der Waals surface area contributed by atoms with Crippen molar-refractivity contribution in [3.05, 3.63) is 42.3 Å². The van der Waals surface area contributed by atoms with Crippen molar-refractivity contribution in [2.45, 2.75) is 0 Å². The van der Waals surface area contributed by atoms with Gasteiger partial charge in [-0.2, -0.15) is 0 Å². The Morgan fingerprint density at radius 3 is 2.00 bits per heavy atom. The van der Waals surface area contributed by atoms with Crippen molar-refractivity contribution in [3.63, 3.8) is 0 Å². The van der Waals surface area contributed by atoms with Crippen molar-refractivity contribution in [1.29, 1.82) is 0 Å². The molecular weight excluding hydrogens is 203 g/mol. The monoisotopic (exact) mass is 207 g/mol. The summed E-state index contributed by atoms with van der Waals surface area (Å²) in [6, 6.07) is 9.37. The molecule has 1 radical (unpaired) electrons. The van der Waals surface area contributed by atoms with E-state index in [1.807, 2.05) is 30.3 Å². The molecular formula is C8H5Pd. The van der Waals surface area contributed by atoms with Crippen LogP contribution in [-0.4, -0.2) is 0 Å². The summed E-state index contributed by atoms with van der Waals surface area (Å²) in [4.78, 5) is 0. The van der Waals surface area contributed by atoms with Crippen LogP contribution in [0, 0.1) is 12.3 Å². The largest absolute Gasteiger partial charge is 0.0622 e. The van der Waals surface area contributed by atoms with Gasteiger partial charge < -0.3 is 0 Å². The third-order valence-electron chi connectivity index (χ3n) is 0.918. The maximum atomic E-state index is 6.69. The van der Waals surface area contributed by atoms with Crippen LogP contribution in [0.4, 0.5) is 0 Å². The van der Waals surface area contributed by atoms with Crippen molar-refractivity contribution >= 4 is 0 Å². The number of benzene rings is 1. The molecule has 0 aliphatic carbocycles. The Balaban J connectivity index is 0.000000640. The summed E-state index contributed by atoms with van der Waals surface area (Å²) >= 11 is 0. The minimum Gasteiger partial charge on any atom is -0.0622 e. The van der Waals surface area contributed by atoms with Gasteiger partial charge in [0, 0.05) is 26.0 Å². The molecule has 0 aliphatic heterocycles. The molecule has 0 saturated heterocycles. The molecule has 0 saturated carbocycles. The summed E-state index contributed by atoms with van der Waals surface area (Å²) in [6.45, 7) is 0. The van der Waals surface area contributed by atoms with Crippen LogP contribution in [0.15, 0.2) is 30.3 Å². The topological polar surface area (TPSA) is 0 Å². The minimum atomic E-state index is 0. The molecule has 0 unspecified atom stereocenters. The third kappa shape index (κ3) is 2.47. The quantitative estimate of drug-likeness (QED) is 0.448. The van der Waals surface area contributed by atoms with Gasteiger partial charge in [-0.3, -0.25) is 0 Å². The van der Waals surface area contributed by atoms with Gasteiger partial charge in [-0.1, -0.05) is 24.1 Å². The Morgan fingerprint density at radius 2 is 1.67 bits per heavy atom. The number of hydrogen-bond donors (Lipinski definition) is 0. The zero-order valence-corrected chi connectivity index (χ0v) is 6.26. The summed E-state index contributed by atoms with van der Waals surface area (Å²) in [5.74, 6) is 2.28. The Labute approximate surface area is 68.9 Å². The van der Waals surface area contributed by atoms with Crippen LogP contribution in [0.5, 0.6) is 0 Å². The molecule has 0 amide bonds. The van der Waals surface area contributed by atoms with Gasteiger partial charge in [0.25, 0.3) is 0 Å². The molecule has 0 atom stereocenters. The third-order valence-corrected chi connectivity index (χ3v) is 0.918. The Bertz CT molecular complexity index is 196. The predicted octanol–water partition coefficient (Wildman–Crippen LogP) is 1.62. The van der Waals surface area contributed by atoms with Crippen LogP contribution >= 0.6 is 0 Å². The fourth-order valence-corrected chi connectivity index (χ4v) is 0.521. The van der Waals surface area contributed by atoms with Crippen LogP contribution < -0.4 is 0 Å². The van der Waals surface area contributed by atoms with Gasteiger partial charge >= 0.3 is 0 Å². The Kier molecular flexibility index (Phi) is 4.07. The molecule has 1 heteroatoms. The zero-order chi connectivity index (χ0) is 5.82. The predicted molar refractivity (Wildman–Crippen MR) is 32.7 cm³/mol. The molecule has 0 N–H and O–H groups in total. The van der Waals surface area contributed by atoms with Crippen molar-refractivity contribution in [2.24, 2.45) is 0 Å². The van der Waals surface area contributed by atoms with Gasteiger partial charge in [0.1, 0.15) is 0 Å². The molecule has 0 heterocycles. The Hall–Kier alpha value is -0.558. The van der Waals surface area contributed by atoms with E-state index < -0.39 is 0 Å². The maximum Gasteiger partial charge on any atom is 0.0255 e. The van der Waals surface area contributed by atoms with E-state index in [0.29, 0.717) is 0 Å². The van der Waals surface area contributed by atoms with Crippen molar-refractivity contribution in [2.75, 3.05) is 0 Å². The summed E-state index contributed by atoms with van der Waals surface area (Å²) < 4.78 is 0.